The molecule has 0 saturated carbocycles. The third-order valence-electron chi connectivity index (χ3n) is 3.82. The van der Waals surface area contributed by atoms with Crippen molar-refractivity contribution in [1.29, 1.82) is 0 Å². The van der Waals surface area contributed by atoms with Crippen molar-refractivity contribution >= 4 is 17.2 Å². The molecule has 0 aliphatic heterocycles. The van der Waals surface area contributed by atoms with Gasteiger partial charge in [0.25, 0.3) is 0 Å². The number of ether oxygens (including phenoxy) is 1. The van der Waals surface area contributed by atoms with Crippen molar-refractivity contribution in [2.75, 3.05) is 7.11 Å². The minimum absolute atomic E-state index is 0.0102. The van der Waals surface area contributed by atoms with Gasteiger partial charge in [0, 0.05) is 12.6 Å². The summed E-state index contributed by atoms with van der Waals surface area (Å²) in [4.78, 5) is 9.24. The fourth-order valence-corrected chi connectivity index (χ4v) is 2.55. The molecular formula is C18H19N3O. The number of nitrogens with zero attached hydrogens (tertiary/aromatic N) is 3. The Morgan fingerprint density at radius 3 is 2.64 bits per heavy atom. The SMILES string of the molecule is COc1ccccc1C(C)/N=C/c1nc2ccccc2n1C. The molecule has 0 fully saturated rings. The number of hydrogen-bond donors (Lipinski definition) is 0. The van der Waals surface area contributed by atoms with Gasteiger partial charge in [-0.1, -0.05) is 30.3 Å². The molecule has 0 N–H and O–H groups in total. The Morgan fingerprint density at radius 2 is 1.86 bits per heavy atom. The smallest absolute Gasteiger partial charge is 0.151 e. The van der Waals surface area contributed by atoms with Gasteiger partial charge in [-0.25, -0.2) is 4.98 Å². The van der Waals surface area contributed by atoms with Crippen molar-refractivity contribution in [1.82, 2.24) is 9.55 Å². The van der Waals surface area contributed by atoms with Gasteiger partial charge in [-0.2, -0.15) is 0 Å². The van der Waals surface area contributed by atoms with E-state index in [0.29, 0.717) is 0 Å². The van der Waals surface area contributed by atoms with Crippen LogP contribution in [0.15, 0.2) is 53.5 Å². The van der Waals surface area contributed by atoms with Crippen LogP contribution in [0, 0.1) is 0 Å². The van der Waals surface area contributed by atoms with E-state index < -0.39 is 0 Å². The molecule has 0 spiro atoms. The zero-order valence-electron chi connectivity index (χ0n) is 13.0. The second kappa shape index (κ2) is 6.02. The largest absolute Gasteiger partial charge is 0.496 e. The molecule has 0 aliphatic carbocycles. The average Bonchev–Trinajstić information content (AvgIpc) is 2.89. The van der Waals surface area contributed by atoms with Crippen molar-refractivity contribution in [3.05, 3.63) is 59.9 Å². The fraction of sp³-hybridized carbons (Fsp3) is 0.222. The monoisotopic (exact) mass is 293 g/mol. The Morgan fingerprint density at radius 1 is 1.14 bits per heavy atom. The van der Waals surface area contributed by atoms with Crippen LogP contribution in [-0.4, -0.2) is 22.9 Å². The molecule has 0 aliphatic rings. The van der Waals surface area contributed by atoms with Gasteiger partial charge < -0.3 is 9.30 Å². The van der Waals surface area contributed by atoms with Gasteiger partial charge in [0.2, 0.25) is 0 Å². The number of aryl methyl sites for hydroxylation is 1. The normalized spacial score (nSPS) is 12.9. The van der Waals surface area contributed by atoms with Gasteiger partial charge in [-0.15, -0.1) is 0 Å². The second-order valence-corrected chi connectivity index (χ2v) is 5.21. The average molecular weight is 293 g/mol. The molecule has 0 radical (unpaired) electrons. The number of aromatic nitrogens is 2. The van der Waals surface area contributed by atoms with E-state index in [9.17, 15) is 0 Å². The number of rotatable bonds is 4. The summed E-state index contributed by atoms with van der Waals surface area (Å²) in [5, 5.41) is 0. The van der Waals surface area contributed by atoms with E-state index in [0.717, 1.165) is 28.2 Å². The summed E-state index contributed by atoms with van der Waals surface area (Å²) < 4.78 is 7.44. The lowest BCUT2D eigenvalue weighted by atomic mass is 10.1. The number of imidazole rings is 1. The number of fused-ring (bicyclic) bond motifs is 1. The predicted octanol–water partition coefficient (Wildman–Crippen LogP) is 3.76. The predicted molar refractivity (Wildman–Crippen MR) is 89.7 cm³/mol. The second-order valence-electron chi connectivity index (χ2n) is 5.21. The molecule has 1 aromatic heterocycles. The highest BCUT2D eigenvalue weighted by Gasteiger charge is 2.10. The minimum Gasteiger partial charge on any atom is -0.496 e. The molecule has 2 aromatic carbocycles. The Bertz CT molecular complexity index is 820. The molecule has 0 saturated heterocycles. The van der Waals surface area contributed by atoms with Crippen molar-refractivity contribution < 1.29 is 4.74 Å². The summed E-state index contributed by atoms with van der Waals surface area (Å²) in [5.74, 6) is 1.71. The van der Waals surface area contributed by atoms with Crippen LogP contribution in [0.5, 0.6) is 5.75 Å². The van der Waals surface area contributed by atoms with Crippen LogP contribution in [0.2, 0.25) is 0 Å². The maximum atomic E-state index is 5.40. The van der Waals surface area contributed by atoms with Crippen molar-refractivity contribution in [3.8, 4) is 5.75 Å². The number of hydrogen-bond acceptors (Lipinski definition) is 3. The van der Waals surface area contributed by atoms with Crippen LogP contribution in [0.25, 0.3) is 11.0 Å². The molecule has 1 heterocycles. The first-order valence-corrected chi connectivity index (χ1v) is 7.28. The lowest BCUT2D eigenvalue weighted by Gasteiger charge is -2.11. The molecule has 4 heteroatoms. The van der Waals surface area contributed by atoms with Crippen LogP contribution >= 0.6 is 0 Å². The van der Waals surface area contributed by atoms with Gasteiger partial charge in [0.1, 0.15) is 5.75 Å². The van der Waals surface area contributed by atoms with E-state index in [2.05, 4.69) is 23.0 Å². The van der Waals surface area contributed by atoms with E-state index in [-0.39, 0.29) is 6.04 Å². The van der Waals surface area contributed by atoms with Crippen LogP contribution in [-0.2, 0) is 7.05 Å². The highest BCUT2D eigenvalue weighted by Crippen LogP contribution is 2.26. The zero-order chi connectivity index (χ0) is 15.5. The molecule has 0 bridgehead atoms. The summed E-state index contributed by atoms with van der Waals surface area (Å²) in [6.07, 6.45) is 1.83. The van der Waals surface area contributed by atoms with Crippen LogP contribution < -0.4 is 4.74 Å². The lowest BCUT2D eigenvalue weighted by molar-refractivity contribution is 0.407. The summed E-state index contributed by atoms with van der Waals surface area (Å²) in [6.45, 7) is 2.05. The Kier molecular flexibility index (Phi) is 3.92. The molecule has 1 atom stereocenters. The standard InChI is InChI=1S/C18H19N3O/c1-13(14-8-4-7-11-17(14)22-3)19-12-18-20-15-9-5-6-10-16(15)21(18)2/h4-13H,1-3H3/b19-12+. The van der Waals surface area contributed by atoms with Gasteiger partial charge >= 0.3 is 0 Å². The quantitative estimate of drug-likeness (QED) is 0.687. The summed E-state index contributed by atoms with van der Waals surface area (Å²) in [7, 11) is 3.69. The molecule has 1 unspecified atom stereocenters. The lowest BCUT2D eigenvalue weighted by Crippen LogP contribution is -1.99. The van der Waals surface area contributed by atoms with E-state index in [1.165, 1.54) is 0 Å². The first-order chi connectivity index (χ1) is 10.7. The van der Waals surface area contributed by atoms with Crippen molar-refractivity contribution in [2.24, 2.45) is 12.0 Å². The number of aliphatic imine (C=N–C) groups is 1. The van der Waals surface area contributed by atoms with Gasteiger partial charge in [0.05, 0.1) is 30.4 Å². The Hall–Kier alpha value is -2.62. The van der Waals surface area contributed by atoms with Crippen LogP contribution in [0.1, 0.15) is 24.4 Å². The highest BCUT2D eigenvalue weighted by atomic mass is 16.5. The van der Waals surface area contributed by atoms with Crippen LogP contribution in [0.3, 0.4) is 0 Å². The third-order valence-corrected chi connectivity index (χ3v) is 3.82. The molecule has 0 amide bonds. The maximum absolute atomic E-state index is 5.40. The first-order valence-electron chi connectivity index (χ1n) is 7.28. The highest BCUT2D eigenvalue weighted by molar-refractivity contribution is 5.85. The molecule has 3 rings (SSSR count). The number of para-hydroxylation sites is 3. The Labute approximate surface area is 130 Å². The maximum Gasteiger partial charge on any atom is 0.151 e. The number of methoxy groups -OCH3 is 1. The van der Waals surface area contributed by atoms with E-state index in [1.54, 1.807) is 7.11 Å². The summed E-state index contributed by atoms with van der Waals surface area (Å²) in [6, 6.07) is 16.0. The summed E-state index contributed by atoms with van der Waals surface area (Å²) in [5.41, 5.74) is 3.16. The third kappa shape index (κ3) is 2.60. The molecule has 4 nitrogen and oxygen atoms in total. The number of benzene rings is 2. The first kappa shape index (κ1) is 14.3. The van der Waals surface area contributed by atoms with E-state index in [4.69, 9.17) is 4.74 Å². The van der Waals surface area contributed by atoms with Gasteiger partial charge in [0.15, 0.2) is 5.82 Å². The van der Waals surface area contributed by atoms with Gasteiger partial charge in [-0.3, -0.25) is 4.99 Å². The van der Waals surface area contributed by atoms with Crippen molar-refractivity contribution in [3.63, 3.8) is 0 Å². The molecule has 3 aromatic rings. The van der Waals surface area contributed by atoms with Crippen molar-refractivity contribution in [2.45, 2.75) is 13.0 Å². The summed E-state index contributed by atoms with van der Waals surface area (Å²) >= 11 is 0. The van der Waals surface area contributed by atoms with E-state index >= 15 is 0 Å². The van der Waals surface area contributed by atoms with Gasteiger partial charge in [-0.05, 0) is 25.1 Å². The molecule has 112 valence electrons. The Balaban J connectivity index is 1.90. The molecular weight excluding hydrogens is 274 g/mol. The minimum atomic E-state index is 0.0102. The van der Waals surface area contributed by atoms with E-state index in [1.807, 2.05) is 60.3 Å². The topological polar surface area (TPSA) is 39.4 Å². The van der Waals surface area contributed by atoms with Crippen LogP contribution in [0.4, 0.5) is 0 Å². The molecule has 22 heavy (non-hydrogen) atoms. The fourth-order valence-electron chi connectivity index (χ4n) is 2.55. The zero-order valence-corrected chi connectivity index (χ0v) is 13.0.